The van der Waals surface area contributed by atoms with Crippen LogP contribution in [0.25, 0.3) is 0 Å². The molecule has 3 heteroatoms. The summed E-state index contributed by atoms with van der Waals surface area (Å²) in [5, 5.41) is 0. The van der Waals surface area contributed by atoms with E-state index in [4.69, 9.17) is 5.73 Å². The third-order valence-electron chi connectivity index (χ3n) is 3.31. The minimum absolute atomic E-state index is 0.276. The van der Waals surface area contributed by atoms with Crippen molar-refractivity contribution in [3.8, 4) is 0 Å². The lowest BCUT2D eigenvalue weighted by Crippen LogP contribution is -2.26. The number of benzene rings is 1. The first-order valence-corrected chi connectivity index (χ1v) is 7.35. The second kappa shape index (κ2) is 7.27. The van der Waals surface area contributed by atoms with Gasteiger partial charge in [-0.2, -0.15) is 0 Å². The van der Waals surface area contributed by atoms with Gasteiger partial charge in [0.05, 0.1) is 0 Å². The number of nitrogens with two attached hydrogens (primary N) is 1. The van der Waals surface area contributed by atoms with Crippen LogP contribution in [0.4, 0.5) is 0 Å². The molecular formula is C15H25BrN2. The van der Waals surface area contributed by atoms with Crippen molar-refractivity contribution in [3.05, 3.63) is 34.3 Å². The van der Waals surface area contributed by atoms with E-state index in [0.29, 0.717) is 0 Å². The molecular weight excluding hydrogens is 288 g/mol. The molecule has 1 aromatic rings. The molecule has 0 aliphatic carbocycles. The molecule has 0 saturated carbocycles. The summed E-state index contributed by atoms with van der Waals surface area (Å²) < 4.78 is 1.14. The van der Waals surface area contributed by atoms with Gasteiger partial charge in [-0.25, -0.2) is 0 Å². The Morgan fingerprint density at radius 3 is 2.39 bits per heavy atom. The zero-order valence-corrected chi connectivity index (χ0v) is 13.3. The molecule has 18 heavy (non-hydrogen) atoms. The number of hydrogen-bond acceptors (Lipinski definition) is 2. The third kappa shape index (κ3) is 5.98. The van der Waals surface area contributed by atoms with E-state index in [0.717, 1.165) is 24.1 Å². The van der Waals surface area contributed by atoms with E-state index in [2.05, 4.69) is 66.0 Å². The first kappa shape index (κ1) is 15.7. The van der Waals surface area contributed by atoms with E-state index in [1.165, 1.54) is 18.4 Å². The molecule has 0 bridgehead atoms. The Balaban J connectivity index is 2.29. The van der Waals surface area contributed by atoms with Crippen molar-refractivity contribution in [2.45, 2.75) is 33.2 Å². The van der Waals surface area contributed by atoms with Crippen LogP contribution in [-0.2, 0) is 6.54 Å². The van der Waals surface area contributed by atoms with E-state index < -0.39 is 0 Å². The Bertz CT molecular complexity index is 346. The predicted octanol–water partition coefficient (Wildman–Crippen LogP) is 3.65. The zero-order chi connectivity index (χ0) is 13.6. The second-order valence-corrected chi connectivity index (χ2v) is 6.75. The van der Waals surface area contributed by atoms with E-state index in [1.807, 2.05) is 0 Å². The largest absolute Gasteiger partial charge is 0.330 e. The van der Waals surface area contributed by atoms with Gasteiger partial charge in [0.15, 0.2) is 0 Å². The molecule has 0 heterocycles. The summed E-state index contributed by atoms with van der Waals surface area (Å²) in [6, 6.07) is 8.54. The van der Waals surface area contributed by atoms with Gasteiger partial charge in [0.2, 0.25) is 0 Å². The lowest BCUT2D eigenvalue weighted by molar-refractivity contribution is 0.273. The van der Waals surface area contributed by atoms with Crippen LogP contribution in [0.5, 0.6) is 0 Å². The molecule has 0 aliphatic rings. The number of rotatable bonds is 7. The molecule has 0 amide bonds. The predicted molar refractivity (Wildman–Crippen MR) is 82.5 cm³/mol. The van der Waals surface area contributed by atoms with E-state index in [9.17, 15) is 0 Å². The van der Waals surface area contributed by atoms with Crippen molar-refractivity contribution in [1.82, 2.24) is 4.90 Å². The Kier molecular flexibility index (Phi) is 6.33. The summed E-state index contributed by atoms with van der Waals surface area (Å²) in [6.45, 7) is 7.38. The van der Waals surface area contributed by atoms with Gasteiger partial charge in [-0.05, 0) is 56.1 Å². The zero-order valence-electron chi connectivity index (χ0n) is 11.7. The molecule has 1 aromatic carbocycles. The van der Waals surface area contributed by atoms with Crippen LogP contribution >= 0.6 is 15.9 Å². The lowest BCUT2D eigenvalue weighted by atomic mass is 9.88. The van der Waals surface area contributed by atoms with Gasteiger partial charge >= 0.3 is 0 Å². The molecule has 0 aromatic heterocycles. The van der Waals surface area contributed by atoms with E-state index >= 15 is 0 Å². The van der Waals surface area contributed by atoms with Gasteiger partial charge in [-0.1, -0.05) is 41.9 Å². The molecule has 0 saturated heterocycles. The first-order valence-electron chi connectivity index (χ1n) is 6.56. The van der Waals surface area contributed by atoms with Crippen molar-refractivity contribution < 1.29 is 0 Å². The molecule has 0 atom stereocenters. The van der Waals surface area contributed by atoms with Crippen LogP contribution < -0.4 is 5.73 Å². The van der Waals surface area contributed by atoms with Gasteiger partial charge in [0, 0.05) is 11.0 Å². The monoisotopic (exact) mass is 312 g/mol. The van der Waals surface area contributed by atoms with E-state index in [1.54, 1.807) is 0 Å². The molecule has 0 radical (unpaired) electrons. The summed E-state index contributed by atoms with van der Waals surface area (Å²) in [6.07, 6.45) is 2.39. The molecule has 0 fully saturated rings. The van der Waals surface area contributed by atoms with Crippen LogP contribution in [0.3, 0.4) is 0 Å². The van der Waals surface area contributed by atoms with E-state index in [-0.39, 0.29) is 5.41 Å². The van der Waals surface area contributed by atoms with Crippen molar-refractivity contribution in [2.24, 2.45) is 11.1 Å². The second-order valence-electron chi connectivity index (χ2n) is 5.84. The highest BCUT2D eigenvalue weighted by atomic mass is 79.9. The standard InChI is InChI=1S/C15H25BrN2/c1-15(2,12-17)9-4-10-18(3)11-13-5-7-14(16)8-6-13/h5-8H,4,9-12,17H2,1-3H3. The highest BCUT2D eigenvalue weighted by molar-refractivity contribution is 9.10. The number of halogens is 1. The summed E-state index contributed by atoms with van der Waals surface area (Å²) in [5.41, 5.74) is 7.38. The highest BCUT2D eigenvalue weighted by Crippen LogP contribution is 2.20. The smallest absolute Gasteiger partial charge is 0.0230 e. The average molecular weight is 313 g/mol. The van der Waals surface area contributed by atoms with Gasteiger partial charge in [-0.15, -0.1) is 0 Å². The van der Waals surface area contributed by atoms with Crippen molar-refractivity contribution in [1.29, 1.82) is 0 Å². The normalized spacial score (nSPS) is 12.1. The van der Waals surface area contributed by atoms with Crippen LogP contribution in [0.15, 0.2) is 28.7 Å². The van der Waals surface area contributed by atoms with Crippen molar-refractivity contribution >= 4 is 15.9 Å². The topological polar surface area (TPSA) is 29.3 Å². The van der Waals surface area contributed by atoms with Crippen molar-refractivity contribution in [3.63, 3.8) is 0 Å². The minimum atomic E-state index is 0.276. The minimum Gasteiger partial charge on any atom is -0.330 e. The summed E-state index contributed by atoms with van der Waals surface area (Å²) in [7, 11) is 2.18. The quantitative estimate of drug-likeness (QED) is 0.832. The molecule has 0 spiro atoms. The maximum Gasteiger partial charge on any atom is 0.0230 e. The average Bonchev–Trinajstić information content (AvgIpc) is 2.32. The highest BCUT2D eigenvalue weighted by Gasteiger charge is 2.14. The lowest BCUT2D eigenvalue weighted by Gasteiger charge is -2.24. The van der Waals surface area contributed by atoms with Crippen LogP contribution in [-0.4, -0.2) is 25.0 Å². The van der Waals surface area contributed by atoms with Gasteiger partial charge in [-0.3, -0.25) is 0 Å². The van der Waals surface area contributed by atoms with Gasteiger partial charge in [0.1, 0.15) is 0 Å². The number of hydrogen-bond donors (Lipinski definition) is 1. The SMILES string of the molecule is CN(CCCC(C)(C)CN)Cc1ccc(Br)cc1. The Morgan fingerprint density at radius 1 is 1.22 bits per heavy atom. The van der Waals surface area contributed by atoms with Crippen LogP contribution in [0.1, 0.15) is 32.3 Å². The third-order valence-corrected chi connectivity index (χ3v) is 3.84. The first-order chi connectivity index (χ1) is 8.43. The number of nitrogens with zero attached hydrogens (tertiary/aromatic N) is 1. The summed E-state index contributed by atoms with van der Waals surface area (Å²) in [5.74, 6) is 0. The van der Waals surface area contributed by atoms with Crippen LogP contribution in [0, 0.1) is 5.41 Å². The Hall–Kier alpha value is -0.380. The molecule has 0 aliphatic heterocycles. The molecule has 0 unspecified atom stereocenters. The molecule has 1 rings (SSSR count). The Morgan fingerprint density at radius 2 is 1.83 bits per heavy atom. The van der Waals surface area contributed by atoms with Gasteiger partial charge < -0.3 is 10.6 Å². The van der Waals surface area contributed by atoms with Crippen LogP contribution in [0.2, 0.25) is 0 Å². The maximum absolute atomic E-state index is 5.74. The maximum atomic E-state index is 5.74. The fourth-order valence-electron chi connectivity index (χ4n) is 1.91. The molecule has 2 nitrogen and oxygen atoms in total. The summed E-state index contributed by atoms with van der Waals surface area (Å²) in [4.78, 5) is 2.37. The fourth-order valence-corrected chi connectivity index (χ4v) is 2.17. The fraction of sp³-hybridized carbons (Fsp3) is 0.600. The van der Waals surface area contributed by atoms with Gasteiger partial charge in [0.25, 0.3) is 0 Å². The molecule has 2 N–H and O–H groups in total. The van der Waals surface area contributed by atoms with Crippen molar-refractivity contribution in [2.75, 3.05) is 20.1 Å². The molecule has 102 valence electrons. The Labute approximate surface area is 120 Å². The summed E-state index contributed by atoms with van der Waals surface area (Å²) >= 11 is 3.46.